The number of quaternary nitrogens is 1. The van der Waals surface area contributed by atoms with Gasteiger partial charge in [-0.25, -0.2) is 0 Å². The van der Waals surface area contributed by atoms with Crippen molar-refractivity contribution in [1.82, 2.24) is 9.05 Å². The van der Waals surface area contributed by atoms with E-state index < -0.39 is 0 Å². The monoisotopic (exact) mass is 217 g/mol. The number of benzene rings is 1. The molecule has 0 aliphatic rings. The van der Waals surface area contributed by atoms with Crippen molar-refractivity contribution in [2.24, 2.45) is 7.05 Å². The fourth-order valence-electron chi connectivity index (χ4n) is 2.48. The highest BCUT2D eigenvalue weighted by Gasteiger charge is 2.22. The van der Waals surface area contributed by atoms with Crippen LogP contribution >= 0.6 is 0 Å². The quantitative estimate of drug-likeness (QED) is 0.696. The molecule has 0 saturated heterocycles. The topological polar surface area (TPSA) is 4.93 Å². The van der Waals surface area contributed by atoms with Crippen LogP contribution in [0, 0.1) is 0 Å². The molecule has 1 aromatic carbocycles. The Bertz CT molecular complexity index is 494. The molecule has 16 heavy (non-hydrogen) atoms. The molecule has 86 valence electrons. The van der Waals surface area contributed by atoms with E-state index in [1.807, 2.05) is 0 Å². The third-order valence-corrected chi connectivity index (χ3v) is 3.31. The van der Waals surface area contributed by atoms with Gasteiger partial charge in [0.25, 0.3) is 0 Å². The maximum absolute atomic E-state index is 2.28. The van der Waals surface area contributed by atoms with Gasteiger partial charge >= 0.3 is 0 Å². The largest absolute Gasteiger partial charge is 0.345 e. The minimum absolute atomic E-state index is 0.956. The Balaban J connectivity index is 2.61. The second kappa shape index (κ2) is 3.95. The summed E-state index contributed by atoms with van der Waals surface area (Å²) in [6, 6.07) is 8.63. The molecule has 0 amide bonds. The van der Waals surface area contributed by atoms with Crippen LogP contribution in [0.5, 0.6) is 0 Å². The molecule has 1 aromatic heterocycles. The Labute approximate surface area is 97.7 Å². The van der Waals surface area contributed by atoms with Crippen molar-refractivity contribution in [3.8, 4) is 0 Å². The van der Waals surface area contributed by atoms with Crippen LogP contribution in [0.25, 0.3) is 10.9 Å². The zero-order valence-electron chi connectivity index (χ0n) is 10.7. The molecule has 0 unspecified atom stereocenters. The van der Waals surface area contributed by atoms with Crippen LogP contribution in [0.3, 0.4) is 0 Å². The molecule has 0 bridgehead atoms. The lowest BCUT2D eigenvalue weighted by molar-refractivity contribution is 0.400. The summed E-state index contributed by atoms with van der Waals surface area (Å²) in [4.78, 5) is 0. The van der Waals surface area contributed by atoms with Crippen molar-refractivity contribution in [2.75, 3.05) is 20.6 Å². The predicted molar refractivity (Wildman–Crippen MR) is 71.7 cm³/mol. The Morgan fingerprint density at radius 3 is 2.56 bits per heavy atom. The van der Waals surface area contributed by atoms with E-state index in [2.05, 4.69) is 63.1 Å². The van der Waals surface area contributed by atoms with Gasteiger partial charge in [-0.1, -0.05) is 19.1 Å². The number of para-hydroxylation sites is 1. The number of hydrogen-bond acceptors (Lipinski definition) is 0. The lowest BCUT2D eigenvalue weighted by Gasteiger charge is -2.28. The summed E-state index contributed by atoms with van der Waals surface area (Å²) in [6.45, 7) is 3.42. The average molecular weight is 217 g/mol. The highest BCUT2D eigenvalue weighted by molar-refractivity contribution is 5.92. The third-order valence-electron chi connectivity index (χ3n) is 3.31. The molecule has 0 saturated carbocycles. The van der Waals surface area contributed by atoms with E-state index in [1.165, 1.54) is 29.6 Å². The van der Waals surface area contributed by atoms with Gasteiger partial charge in [0.2, 0.25) is 0 Å². The summed E-state index contributed by atoms with van der Waals surface area (Å²) in [6.07, 6.45) is 3.47. The highest BCUT2D eigenvalue weighted by Crippen LogP contribution is 2.31. The normalized spacial score (nSPS) is 12.2. The van der Waals surface area contributed by atoms with Crippen LogP contribution in [0.1, 0.15) is 13.3 Å². The van der Waals surface area contributed by atoms with Gasteiger partial charge in [-0.05, 0) is 18.6 Å². The Hall–Kier alpha value is -1.28. The van der Waals surface area contributed by atoms with E-state index in [1.54, 1.807) is 0 Å². The van der Waals surface area contributed by atoms with Crippen molar-refractivity contribution in [3.05, 3.63) is 30.5 Å². The molecule has 0 fully saturated rings. The summed E-state index contributed by atoms with van der Waals surface area (Å²) in [5, 5.41) is 1.38. The fourth-order valence-corrected chi connectivity index (χ4v) is 2.48. The number of aryl methyl sites for hydroxylation is 1. The van der Waals surface area contributed by atoms with Gasteiger partial charge in [-0.15, -0.1) is 0 Å². The van der Waals surface area contributed by atoms with Crippen molar-refractivity contribution < 1.29 is 0 Å². The van der Waals surface area contributed by atoms with Crippen LogP contribution in [0.4, 0.5) is 5.69 Å². The number of aromatic nitrogens is 1. The van der Waals surface area contributed by atoms with Gasteiger partial charge < -0.3 is 4.57 Å². The standard InChI is InChI=1S/C14H21N2/c1-5-10-16(3,4)14-11-15(2)13-9-7-6-8-12(13)14/h6-9,11H,5,10H2,1-4H3/q+1. The Morgan fingerprint density at radius 1 is 1.19 bits per heavy atom. The average Bonchev–Trinajstić information content (AvgIpc) is 2.58. The summed E-state index contributed by atoms with van der Waals surface area (Å²) < 4.78 is 3.18. The van der Waals surface area contributed by atoms with Gasteiger partial charge in [-0.3, -0.25) is 4.48 Å². The van der Waals surface area contributed by atoms with Crippen LogP contribution in [0.2, 0.25) is 0 Å². The highest BCUT2D eigenvalue weighted by atomic mass is 15.3. The van der Waals surface area contributed by atoms with E-state index in [0.29, 0.717) is 0 Å². The molecular weight excluding hydrogens is 196 g/mol. The molecule has 2 heteroatoms. The minimum atomic E-state index is 0.956. The number of nitrogens with zero attached hydrogens (tertiary/aromatic N) is 2. The molecule has 2 aromatic rings. The van der Waals surface area contributed by atoms with Gasteiger partial charge in [0.05, 0.1) is 37.7 Å². The van der Waals surface area contributed by atoms with Gasteiger partial charge in [-0.2, -0.15) is 0 Å². The molecular formula is C14H21N2+. The number of hydrogen-bond donors (Lipinski definition) is 0. The molecule has 1 heterocycles. The molecule has 0 spiro atoms. The van der Waals surface area contributed by atoms with E-state index in [0.717, 1.165) is 4.48 Å². The van der Waals surface area contributed by atoms with Crippen molar-refractivity contribution in [1.29, 1.82) is 0 Å². The summed E-state index contributed by atoms with van der Waals surface area (Å²) in [5.41, 5.74) is 2.74. The van der Waals surface area contributed by atoms with E-state index in [4.69, 9.17) is 0 Å². The molecule has 0 atom stereocenters. The smallest absolute Gasteiger partial charge is 0.158 e. The van der Waals surface area contributed by atoms with Crippen molar-refractivity contribution in [3.63, 3.8) is 0 Å². The lowest BCUT2D eigenvalue weighted by atomic mass is 10.2. The van der Waals surface area contributed by atoms with E-state index in [-0.39, 0.29) is 0 Å². The zero-order chi connectivity index (χ0) is 11.8. The number of rotatable bonds is 3. The molecule has 2 nitrogen and oxygen atoms in total. The zero-order valence-corrected chi connectivity index (χ0v) is 10.7. The SMILES string of the molecule is CCC[N+](C)(C)c1cn(C)c2ccccc12. The second-order valence-corrected chi connectivity index (χ2v) is 5.05. The van der Waals surface area contributed by atoms with Crippen LogP contribution < -0.4 is 4.48 Å². The number of fused-ring (bicyclic) bond motifs is 1. The van der Waals surface area contributed by atoms with Crippen molar-refractivity contribution >= 4 is 16.6 Å². The lowest BCUT2D eigenvalue weighted by Crippen LogP contribution is -2.40. The van der Waals surface area contributed by atoms with E-state index in [9.17, 15) is 0 Å². The second-order valence-electron chi connectivity index (χ2n) is 5.05. The molecule has 0 aliphatic carbocycles. The van der Waals surface area contributed by atoms with E-state index >= 15 is 0 Å². The Kier molecular flexibility index (Phi) is 2.76. The maximum Gasteiger partial charge on any atom is 0.158 e. The first-order valence-electron chi connectivity index (χ1n) is 5.94. The molecule has 0 N–H and O–H groups in total. The van der Waals surface area contributed by atoms with Gasteiger partial charge in [0.1, 0.15) is 0 Å². The summed E-state index contributed by atoms with van der Waals surface area (Å²) in [7, 11) is 6.69. The minimum Gasteiger partial charge on any atom is -0.345 e. The summed E-state index contributed by atoms with van der Waals surface area (Å²) in [5.74, 6) is 0. The molecule has 0 radical (unpaired) electrons. The predicted octanol–water partition coefficient (Wildman–Crippen LogP) is 3.16. The van der Waals surface area contributed by atoms with Crippen molar-refractivity contribution in [2.45, 2.75) is 13.3 Å². The van der Waals surface area contributed by atoms with Gasteiger partial charge in [0.15, 0.2) is 5.69 Å². The third kappa shape index (κ3) is 1.74. The maximum atomic E-state index is 2.28. The first-order valence-corrected chi connectivity index (χ1v) is 5.94. The first kappa shape index (κ1) is 11.2. The van der Waals surface area contributed by atoms with Gasteiger partial charge in [0, 0.05) is 7.05 Å². The summed E-state index contributed by atoms with van der Waals surface area (Å²) >= 11 is 0. The van der Waals surface area contributed by atoms with Crippen LogP contribution in [0.15, 0.2) is 30.5 Å². The fraction of sp³-hybridized carbons (Fsp3) is 0.429. The molecule has 2 rings (SSSR count). The Morgan fingerprint density at radius 2 is 1.88 bits per heavy atom. The first-order chi connectivity index (χ1) is 7.56. The van der Waals surface area contributed by atoms with Crippen LogP contribution in [-0.2, 0) is 7.05 Å². The van der Waals surface area contributed by atoms with Crippen LogP contribution in [-0.4, -0.2) is 25.2 Å². The molecule has 0 aliphatic heterocycles.